The Hall–Kier alpha value is -1.18. The van der Waals surface area contributed by atoms with Crippen LogP contribution >= 0.6 is 11.3 Å². The van der Waals surface area contributed by atoms with Crippen molar-refractivity contribution in [2.24, 2.45) is 5.92 Å². The Kier molecular flexibility index (Phi) is 7.26. The zero-order valence-electron chi connectivity index (χ0n) is 14.3. The van der Waals surface area contributed by atoms with Gasteiger partial charge in [-0.3, -0.25) is 4.90 Å². The highest BCUT2D eigenvalue weighted by atomic mass is 32.1. The molecule has 1 aromatic rings. The van der Waals surface area contributed by atoms with Gasteiger partial charge in [-0.05, 0) is 12.8 Å². The molecule has 7 heteroatoms. The number of nitrogens with zero attached hydrogens (tertiary/aromatic N) is 2. The van der Waals surface area contributed by atoms with Crippen molar-refractivity contribution in [2.75, 3.05) is 39.4 Å². The zero-order chi connectivity index (χ0) is 16.7. The second-order valence-corrected chi connectivity index (χ2v) is 7.27. The van der Waals surface area contributed by atoms with Crippen LogP contribution in [0.25, 0.3) is 0 Å². The maximum Gasteiger partial charge on any atom is 0.314 e. The summed E-state index contributed by atoms with van der Waals surface area (Å²) in [4.78, 5) is 18.8. The molecular formula is C16H28N4O2S. The van der Waals surface area contributed by atoms with Crippen molar-refractivity contribution in [3.63, 3.8) is 0 Å². The monoisotopic (exact) mass is 340 g/mol. The van der Waals surface area contributed by atoms with Gasteiger partial charge in [-0.2, -0.15) is 0 Å². The normalized spacial score (nSPS) is 17.2. The Balaban J connectivity index is 1.68. The number of aromatic nitrogens is 1. The molecule has 1 saturated heterocycles. The fourth-order valence-corrected chi connectivity index (χ4v) is 3.43. The number of aryl methyl sites for hydroxylation is 1. The van der Waals surface area contributed by atoms with E-state index in [9.17, 15) is 4.79 Å². The van der Waals surface area contributed by atoms with Gasteiger partial charge in [-0.25, -0.2) is 9.78 Å². The number of carbonyl (C=O) groups is 1. The molecule has 0 saturated carbocycles. The second-order valence-electron chi connectivity index (χ2n) is 6.20. The van der Waals surface area contributed by atoms with Gasteiger partial charge in [-0.15, -0.1) is 11.3 Å². The number of ether oxygens (including phenoxy) is 1. The molecule has 2 N–H and O–H groups in total. The first kappa shape index (κ1) is 18.2. The Morgan fingerprint density at radius 3 is 2.74 bits per heavy atom. The van der Waals surface area contributed by atoms with Crippen LogP contribution in [0.2, 0.25) is 0 Å². The molecule has 1 fully saturated rings. The lowest BCUT2D eigenvalue weighted by Gasteiger charge is -2.36. The van der Waals surface area contributed by atoms with Crippen LogP contribution in [0.3, 0.4) is 0 Å². The molecule has 1 aliphatic heterocycles. The van der Waals surface area contributed by atoms with Crippen molar-refractivity contribution in [3.05, 3.63) is 16.1 Å². The highest BCUT2D eigenvalue weighted by Gasteiger charge is 2.24. The van der Waals surface area contributed by atoms with Gasteiger partial charge in [0.25, 0.3) is 0 Å². The summed E-state index contributed by atoms with van der Waals surface area (Å²) >= 11 is 1.64. The highest BCUT2D eigenvalue weighted by molar-refractivity contribution is 7.09. The van der Waals surface area contributed by atoms with E-state index in [4.69, 9.17) is 4.74 Å². The van der Waals surface area contributed by atoms with E-state index in [2.05, 4.69) is 34.4 Å². The number of nitrogens with one attached hydrogen (secondary N) is 2. The molecule has 0 radical (unpaired) electrons. The average Bonchev–Trinajstić information content (AvgIpc) is 2.94. The quantitative estimate of drug-likeness (QED) is 0.792. The minimum Gasteiger partial charge on any atom is -0.379 e. The van der Waals surface area contributed by atoms with E-state index < -0.39 is 0 Å². The molecule has 0 aliphatic carbocycles. The van der Waals surface area contributed by atoms with E-state index in [0.29, 0.717) is 25.0 Å². The molecule has 0 bridgehead atoms. The molecule has 1 aliphatic rings. The number of urea groups is 1. The van der Waals surface area contributed by atoms with Crippen molar-refractivity contribution < 1.29 is 9.53 Å². The van der Waals surface area contributed by atoms with Crippen LogP contribution in [0.1, 0.15) is 24.5 Å². The lowest BCUT2D eigenvalue weighted by atomic mass is 10.0. The van der Waals surface area contributed by atoms with Gasteiger partial charge in [0.05, 0.1) is 23.9 Å². The van der Waals surface area contributed by atoms with Gasteiger partial charge in [0.2, 0.25) is 0 Å². The molecule has 0 spiro atoms. The molecule has 1 unspecified atom stereocenters. The van der Waals surface area contributed by atoms with Crippen LogP contribution in [-0.2, 0) is 11.2 Å². The van der Waals surface area contributed by atoms with E-state index in [1.807, 2.05) is 12.3 Å². The lowest BCUT2D eigenvalue weighted by molar-refractivity contribution is 0.00720. The first-order valence-electron chi connectivity index (χ1n) is 8.30. The molecule has 2 amide bonds. The Morgan fingerprint density at radius 1 is 1.39 bits per heavy atom. The number of hydrogen-bond donors (Lipinski definition) is 2. The molecule has 130 valence electrons. The van der Waals surface area contributed by atoms with Gasteiger partial charge in [0.1, 0.15) is 0 Å². The molecule has 1 aromatic heterocycles. The topological polar surface area (TPSA) is 66.5 Å². The third kappa shape index (κ3) is 6.08. The number of amides is 2. The van der Waals surface area contributed by atoms with Gasteiger partial charge < -0.3 is 15.4 Å². The highest BCUT2D eigenvalue weighted by Crippen LogP contribution is 2.12. The summed E-state index contributed by atoms with van der Waals surface area (Å²) in [5.74, 6) is 0.492. The SMILES string of the molecule is Cc1nc(CCNC(=O)NCC(C(C)C)N2CCOCC2)cs1. The van der Waals surface area contributed by atoms with Crippen molar-refractivity contribution in [3.8, 4) is 0 Å². The maximum atomic E-state index is 12.0. The van der Waals surface area contributed by atoms with E-state index in [-0.39, 0.29) is 6.03 Å². The van der Waals surface area contributed by atoms with E-state index in [0.717, 1.165) is 43.4 Å². The van der Waals surface area contributed by atoms with Gasteiger partial charge in [-0.1, -0.05) is 13.8 Å². The Morgan fingerprint density at radius 2 is 2.13 bits per heavy atom. The van der Waals surface area contributed by atoms with Gasteiger partial charge in [0.15, 0.2) is 0 Å². The fourth-order valence-electron chi connectivity index (χ4n) is 2.78. The van der Waals surface area contributed by atoms with Crippen LogP contribution < -0.4 is 10.6 Å². The molecule has 2 rings (SSSR count). The maximum absolute atomic E-state index is 12.0. The molecular weight excluding hydrogens is 312 g/mol. The van der Waals surface area contributed by atoms with E-state index in [1.165, 1.54) is 0 Å². The molecule has 1 atom stereocenters. The standard InChI is InChI=1S/C16H28N4O2S/c1-12(2)15(20-6-8-22-9-7-20)10-18-16(21)17-5-4-14-11-23-13(3)19-14/h11-12,15H,4-10H2,1-3H3,(H2,17,18,21). The predicted molar refractivity (Wildman–Crippen MR) is 93.0 cm³/mol. The zero-order valence-corrected chi connectivity index (χ0v) is 15.1. The summed E-state index contributed by atoms with van der Waals surface area (Å²) < 4.78 is 5.41. The smallest absolute Gasteiger partial charge is 0.314 e. The number of rotatable bonds is 7. The largest absolute Gasteiger partial charge is 0.379 e. The summed E-state index contributed by atoms with van der Waals surface area (Å²) in [5, 5.41) is 9.02. The van der Waals surface area contributed by atoms with E-state index >= 15 is 0 Å². The van der Waals surface area contributed by atoms with Crippen molar-refractivity contribution >= 4 is 17.4 Å². The fraction of sp³-hybridized carbons (Fsp3) is 0.750. The van der Waals surface area contributed by atoms with Gasteiger partial charge >= 0.3 is 6.03 Å². The van der Waals surface area contributed by atoms with Crippen LogP contribution in [0.15, 0.2) is 5.38 Å². The van der Waals surface area contributed by atoms with Crippen LogP contribution in [-0.4, -0.2) is 61.3 Å². The number of thiazole rings is 1. The first-order valence-corrected chi connectivity index (χ1v) is 9.18. The van der Waals surface area contributed by atoms with Crippen molar-refractivity contribution in [1.82, 2.24) is 20.5 Å². The molecule has 6 nitrogen and oxygen atoms in total. The first-order chi connectivity index (χ1) is 11.1. The second kappa shape index (κ2) is 9.20. The van der Waals surface area contributed by atoms with E-state index in [1.54, 1.807) is 11.3 Å². The lowest BCUT2D eigenvalue weighted by Crippen LogP contribution is -2.52. The number of carbonyl (C=O) groups excluding carboxylic acids is 1. The van der Waals surface area contributed by atoms with Gasteiger partial charge in [0, 0.05) is 44.0 Å². The minimum absolute atomic E-state index is 0.101. The minimum atomic E-state index is -0.101. The van der Waals surface area contributed by atoms with Crippen LogP contribution in [0.5, 0.6) is 0 Å². The summed E-state index contributed by atoms with van der Waals surface area (Å²) in [6.45, 7) is 11.1. The third-order valence-corrected chi connectivity index (χ3v) is 4.91. The summed E-state index contributed by atoms with van der Waals surface area (Å²) in [6.07, 6.45) is 0.773. The number of hydrogen-bond acceptors (Lipinski definition) is 5. The van der Waals surface area contributed by atoms with Crippen molar-refractivity contribution in [1.29, 1.82) is 0 Å². The molecule has 23 heavy (non-hydrogen) atoms. The number of morpholine rings is 1. The van der Waals surface area contributed by atoms with Crippen molar-refractivity contribution in [2.45, 2.75) is 33.2 Å². The molecule has 2 heterocycles. The summed E-state index contributed by atoms with van der Waals surface area (Å²) in [7, 11) is 0. The van der Waals surface area contributed by atoms with Crippen LogP contribution in [0, 0.1) is 12.8 Å². The molecule has 0 aromatic carbocycles. The van der Waals surface area contributed by atoms with Crippen LogP contribution in [0.4, 0.5) is 4.79 Å². The predicted octanol–water partition coefficient (Wildman–Crippen LogP) is 1.65. The summed E-state index contributed by atoms with van der Waals surface area (Å²) in [5.41, 5.74) is 1.04. The Labute approximate surface area is 142 Å². The average molecular weight is 340 g/mol. The third-order valence-electron chi connectivity index (χ3n) is 4.09. The summed E-state index contributed by atoms with van der Waals surface area (Å²) in [6, 6.07) is 0.252. The Bertz CT molecular complexity index is 486.